The Morgan fingerprint density at radius 1 is 1.67 bits per heavy atom. The second-order valence-corrected chi connectivity index (χ2v) is 2.40. The van der Waals surface area contributed by atoms with Crippen molar-refractivity contribution < 1.29 is 14.3 Å². The van der Waals surface area contributed by atoms with Gasteiger partial charge in [-0.15, -0.1) is 0 Å². The smallest absolute Gasteiger partial charge is 0.313 e. The summed E-state index contributed by atoms with van der Waals surface area (Å²) in [5, 5.41) is 0. The van der Waals surface area contributed by atoms with Gasteiger partial charge in [0.1, 0.15) is 0 Å². The molecule has 2 atom stereocenters. The molecule has 0 aromatic heterocycles. The molecule has 1 saturated heterocycles. The Morgan fingerprint density at radius 2 is 2.33 bits per heavy atom. The molecular formula is C4H6BO3P. The highest BCUT2D eigenvalue weighted by molar-refractivity contribution is 7.56. The lowest BCUT2D eigenvalue weighted by Gasteiger charge is -1.91. The molecular weight excluding hydrogens is 138 g/mol. The lowest BCUT2D eigenvalue weighted by Crippen LogP contribution is -2.04. The first-order valence-corrected chi connectivity index (χ1v) is 3.50. The first-order chi connectivity index (χ1) is 4.24. The number of hydrogen-bond donors (Lipinski definition) is 0. The molecule has 0 bridgehead atoms. The van der Waals surface area contributed by atoms with Gasteiger partial charge in [-0.05, 0) is 0 Å². The van der Waals surface area contributed by atoms with Crippen LogP contribution in [0.5, 0.6) is 0 Å². The molecule has 0 spiro atoms. The maximum atomic E-state index is 10.6. The quantitative estimate of drug-likeness (QED) is 0.215. The number of carbonyl (C=O) groups excluding carboxylic acids is 2. The number of hydrogen-bond acceptors (Lipinski definition) is 3. The van der Waals surface area contributed by atoms with Gasteiger partial charge in [-0.1, -0.05) is 0 Å². The van der Waals surface area contributed by atoms with Crippen molar-refractivity contribution in [3.05, 3.63) is 0 Å². The maximum absolute atomic E-state index is 10.6. The molecule has 1 heterocycles. The summed E-state index contributed by atoms with van der Waals surface area (Å²) in [6.07, 6.45) is 0.252. The average Bonchev–Trinajstić information content (AvgIpc) is 2.10. The summed E-state index contributed by atoms with van der Waals surface area (Å²) < 4.78 is 4.27. The Morgan fingerprint density at radius 3 is 2.56 bits per heavy atom. The van der Waals surface area contributed by atoms with E-state index in [2.05, 4.69) is 13.9 Å². The molecule has 0 aromatic rings. The van der Waals surface area contributed by atoms with Gasteiger partial charge in [-0.25, -0.2) is 0 Å². The average molecular weight is 144 g/mol. The molecule has 0 amide bonds. The number of cyclic esters (lactones) is 2. The van der Waals surface area contributed by atoms with Gasteiger partial charge in [0.25, 0.3) is 0 Å². The zero-order valence-electron chi connectivity index (χ0n) is 4.79. The molecule has 0 saturated carbocycles. The number of carbonyl (C=O) groups is 2. The molecule has 9 heavy (non-hydrogen) atoms. The third-order valence-electron chi connectivity index (χ3n) is 1.25. The third kappa shape index (κ3) is 1.30. The predicted molar refractivity (Wildman–Crippen MR) is 36.3 cm³/mol. The van der Waals surface area contributed by atoms with Crippen molar-refractivity contribution in [1.29, 1.82) is 0 Å². The SMILES string of the molecule is O=C1CC(BP)C(=O)O1. The monoisotopic (exact) mass is 144 g/mol. The van der Waals surface area contributed by atoms with Crippen LogP contribution in [0.25, 0.3) is 0 Å². The van der Waals surface area contributed by atoms with E-state index in [-0.39, 0.29) is 18.2 Å². The zero-order chi connectivity index (χ0) is 6.85. The van der Waals surface area contributed by atoms with Gasteiger partial charge in [-0.2, -0.15) is 9.12 Å². The third-order valence-corrected chi connectivity index (χ3v) is 1.81. The van der Waals surface area contributed by atoms with Crippen LogP contribution in [-0.4, -0.2) is 18.9 Å². The Balaban J connectivity index is 2.58. The van der Waals surface area contributed by atoms with Crippen LogP contribution in [0.15, 0.2) is 0 Å². The minimum Gasteiger partial charge on any atom is -0.393 e. The van der Waals surface area contributed by atoms with E-state index in [9.17, 15) is 9.59 Å². The van der Waals surface area contributed by atoms with E-state index in [1.54, 1.807) is 0 Å². The van der Waals surface area contributed by atoms with Crippen molar-refractivity contribution in [2.45, 2.75) is 12.2 Å². The lowest BCUT2D eigenvalue weighted by molar-refractivity contribution is -0.151. The van der Waals surface area contributed by atoms with E-state index in [4.69, 9.17) is 0 Å². The highest BCUT2D eigenvalue weighted by Crippen LogP contribution is 2.21. The summed E-state index contributed by atoms with van der Waals surface area (Å²) >= 11 is 0. The topological polar surface area (TPSA) is 43.4 Å². The van der Waals surface area contributed by atoms with Gasteiger partial charge in [-0.3, -0.25) is 9.59 Å². The van der Waals surface area contributed by atoms with Crippen LogP contribution in [0.2, 0.25) is 5.82 Å². The summed E-state index contributed by atoms with van der Waals surface area (Å²) in [4.78, 5) is 20.9. The molecule has 0 N–H and O–H groups in total. The largest absolute Gasteiger partial charge is 0.393 e. The van der Waals surface area contributed by atoms with E-state index in [0.717, 1.165) is 0 Å². The van der Waals surface area contributed by atoms with Gasteiger partial charge in [0.15, 0.2) is 7.00 Å². The van der Waals surface area contributed by atoms with Crippen molar-refractivity contribution in [3.8, 4) is 0 Å². The fourth-order valence-electron chi connectivity index (χ4n) is 0.701. The molecule has 3 nitrogen and oxygen atoms in total. The van der Waals surface area contributed by atoms with E-state index in [1.807, 2.05) is 0 Å². The normalized spacial score (nSPS) is 26.1. The van der Waals surface area contributed by atoms with Crippen molar-refractivity contribution in [2.24, 2.45) is 0 Å². The molecule has 0 aliphatic carbocycles. The van der Waals surface area contributed by atoms with Crippen LogP contribution in [-0.2, 0) is 14.3 Å². The van der Waals surface area contributed by atoms with E-state index >= 15 is 0 Å². The summed E-state index contributed by atoms with van der Waals surface area (Å²) in [7, 11) is 2.41. The molecule has 48 valence electrons. The van der Waals surface area contributed by atoms with Crippen molar-refractivity contribution in [2.75, 3.05) is 0 Å². The Hall–Kier alpha value is -0.365. The van der Waals surface area contributed by atoms with Crippen LogP contribution < -0.4 is 0 Å². The Bertz CT molecular complexity index is 158. The number of ether oxygens (including phenoxy) is 1. The second-order valence-electron chi connectivity index (χ2n) is 1.93. The molecule has 1 rings (SSSR count). The highest BCUT2D eigenvalue weighted by Gasteiger charge is 2.31. The van der Waals surface area contributed by atoms with Crippen molar-refractivity contribution in [1.82, 2.24) is 0 Å². The van der Waals surface area contributed by atoms with Crippen LogP contribution in [0.4, 0.5) is 0 Å². The van der Waals surface area contributed by atoms with Gasteiger partial charge < -0.3 is 4.74 Å². The summed E-state index contributed by atoms with van der Waals surface area (Å²) in [5.41, 5.74) is 0. The minimum absolute atomic E-state index is 0.206. The van der Waals surface area contributed by atoms with Gasteiger partial charge in [0.05, 0.1) is 6.42 Å². The van der Waals surface area contributed by atoms with E-state index in [1.165, 1.54) is 0 Å². The van der Waals surface area contributed by atoms with Crippen LogP contribution in [0, 0.1) is 0 Å². The zero-order valence-corrected chi connectivity index (χ0v) is 5.95. The molecule has 1 fully saturated rings. The van der Waals surface area contributed by atoms with E-state index in [0.29, 0.717) is 7.00 Å². The molecule has 0 aromatic carbocycles. The molecule has 1 aliphatic rings. The minimum atomic E-state index is -0.396. The molecule has 5 heteroatoms. The van der Waals surface area contributed by atoms with Crippen LogP contribution in [0.1, 0.15) is 6.42 Å². The van der Waals surface area contributed by atoms with Crippen molar-refractivity contribution >= 4 is 28.1 Å². The van der Waals surface area contributed by atoms with E-state index < -0.39 is 5.97 Å². The number of esters is 2. The van der Waals surface area contributed by atoms with Crippen LogP contribution >= 0.6 is 9.12 Å². The van der Waals surface area contributed by atoms with Gasteiger partial charge in [0, 0.05) is 5.82 Å². The second kappa shape index (κ2) is 2.48. The molecule has 0 radical (unpaired) electrons. The first kappa shape index (κ1) is 6.75. The van der Waals surface area contributed by atoms with Crippen LogP contribution in [0.3, 0.4) is 0 Å². The standard InChI is InChI=1S/C4H6BO3P/c6-3-1-2(5-9)4(7)8-3/h2,5H,1,9H2. The molecule has 2 unspecified atom stereocenters. The van der Waals surface area contributed by atoms with Gasteiger partial charge >= 0.3 is 11.9 Å². The summed E-state index contributed by atoms with van der Waals surface area (Å²) in [6, 6.07) is 0. The Kier molecular flexibility index (Phi) is 1.86. The molecule has 1 aliphatic heterocycles. The maximum Gasteiger partial charge on any atom is 0.313 e. The summed E-state index contributed by atoms with van der Waals surface area (Å²) in [6.45, 7) is 0.616. The predicted octanol–water partition coefficient (Wildman–Crippen LogP) is -0.525. The highest BCUT2D eigenvalue weighted by atomic mass is 31.0. The lowest BCUT2D eigenvalue weighted by atomic mass is 9.85. The summed E-state index contributed by atoms with van der Waals surface area (Å²) in [5.74, 6) is -0.982. The number of rotatable bonds is 1. The van der Waals surface area contributed by atoms with Crippen molar-refractivity contribution in [3.63, 3.8) is 0 Å². The van der Waals surface area contributed by atoms with Gasteiger partial charge in [0.2, 0.25) is 0 Å². The fourth-order valence-corrected chi connectivity index (χ4v) is 1.06. The first-order valence-electron chi connectivity index (χ1n) is 2.68. The fraction of sp³-hybridized carbons (Fsp3) is 0.500. The Labute approximate surface area is 55.5 Å².